The van der Waals surface area contributed by atoms with Gasteiger partial charge in [-0.05, 0) is 0 Å². The fraction of sp³-hybridized carbons (Fsp3) is 0. The number of nitrogens with zero attached hydrogens (tertiary/aromatic N) is 1. The summed E-state index contributed by atoms with van der Waals surface area (Å²) in [6.45, 7) is 0. The third kappa shape index (κ3) is 30.7. The molecule has 1 N–H and O–H groups in total. The Morgan fingerprint density at radius 1 is 2.00 bits per heavy atom. The molecule has 0 unspecified atom stereocenters. The number of hydrogen-bond donors (Lipinski definition) is 1. The number of hydrogen-bond acceptors (Lipinski definition) is 1. The van der Waals surface area contributed by atoms with E-state index in [1.165, 1.54) is 0 Å². The van der Waals surface area contributed by atoms with E-state index in [2.05, 4.69) is 0 Å². The third-order valence-corrected chi connectivity index (χ3v) is 0. The first-order valence-corrected chi connectivity index (χ1v) is 2.09. The Bertz CT molecular complexity index is 29.0. The Hall–Kier alpha value is 0.387. The molecule has 0 spiro atoms. The van der Waals surface area contributed by atoms with E-state index in [4.69, 9.17) is 10.1 Å². The van der Waals surface area contributed by atoms with E-state index >= 15 is 0 Å². The van der Waals surface area contributed by atoms with E-state index in [-0.39, 0.29) is 30.4 Å². The van der Waals surface area contributed by atoms with Crippen molar-refractivity contribution in [3.05, 3.63) is 4.91 Å². The van der Waals surface area contributed by atoms with Crippen molar-refractivity contribution in [3.8, 4) is 0 Å². The zero-order chi connectivity index (χ0) is 3.58. The predicted octanol–water partition coefficient (Wildman–Crippen LogP) is -0.381. The zero-order valence-corrected chi connectivity index (χ0v) is 5.11. The summed E-state index contributed by atoms with van der Waals surface area (Å²) >= 11 is 0.249. The van der Waals surface area contributed by atoms with Gasteiger partial charge in [-0.15, -0.1) is 0 Å². The van der Waals surface area contributed by atoms with Crippen molar-refractivity contribution in [1.29, 1.82) is 0 Å². The fourth-order valence-electron chi connectivity index (χ4n) is 0. The molecular formula is HNO2Pu. The van der Waals surface area contributed by atoms with Crippen molar-refractivity contribution in [3.63, 3.8) is 0 Å². The maximum absolute atomic E-state index is 8.97. The molecule has 3 nitrogen and oxygen atoms in total. The second-order valence-corrected chi connectivity index (χ2v) is 1.54. The van der Waals surface area contributed by atoms with Crippen LogP contribution in [-0.2, 0) is 0 Å². The van der Waals surface area contributed by atoms with Gasteiger partial charge in [-0.25, -0.2) is 0 Å². The van der Waals surface area contributed by atoms with Crippen molar-refractivity contribution in [2.24, 2.45) is 0 Å². The summed E-state index contributed by atoms with van der Waals surface area (Å²) < 4.78 is -0.122. The van der Waals surface area contributed by atoms with Gasteiger partial charge in [0.15, 0.2) is 0 Å². The van der Waals surface area contributed by atoms with Crippen LogP contribution in [0, 0.1) is 32.8 Å². The molecule has 0 bridgehead atoms. The van der Waals surface area contributed by atoms with E-state index < -0.39 is 0 Å². The first-order chi connectivity index (χ1) is 1.73. The summed E-state index contributed by atoms with van der Waals surface area (Å²) in [7, 11) is 0. The molecule has 0 atom stereocenters. The quantitative estimate of drug-likeness (QED) is 0.618. The Morgan fingerprint density at radius 2 is 2.00 bits per heavy atom. The van der Waals surface area contributed by atoms with Gasteiger partial charge in [0, 0.05) is 0 Å². The van der Waals surface area contributed by atoms with Gasteiger partial charge in [0.25, 0.3) is 0 Å². The molecule has 4 heteroatoms. The summed E-state index contributed by atoms with van der Waals surface area (Å²) in [6, 6.07) is 0. The molecule has 0 saturated heterocycles. The first kappa shape index (κ1) is 4.39. The summed E-state index contributed by atoms with van der Waals surface area (Å²) in [5.41, 5.74) is 0. The number of rotatable bonds is 0. The minimum absolute atomic E-state index is 0.122. The maximum atomic E-state index is 8.97. The molecule has 0 heterocycles. The Kier molecular flexibility index (Phi) is 1.85. The van der Waals surface area contributed by atoms with Crippen molar-refractivity contribution >= 4 is 0 Å². The van der Waals surface area contributed by atoms with E-state index in [1.807, 2.05) is 0 Å². The van der Waals surface area contributed by atoms with Gasteiger partial charge in [-0.1, -0.05) is 0 Å². The molecule has 0 aromatic rings. The van der Waals surface area contributed by atoms with Crippen LogP contribution in [0.25, 0.3) is 0 Å². The summed E-state index contributed by atoms with van der Waals surface area (Å²) in [5.74, 6) is 0. The van der Waals surface area contributed by atoms with E-state index in [0.717, 1.165) is 0 Å². The molecule has 0 aliphatic carbocycles. The fourth-order valence-corrected chi connectivity index (χ4v) is 0. The zero-order valence-electron chi connectivity index (χ0n) is 1.71. The Morgan fingerprint density at radius 3 is 2.00 bits per heavy atom. The Balaban J connectivity index is 2.80. The van der Waals surface area contributed by atoms with Crippen LogP contribution >= 0.6 is 0 Å². The van der Waals surface area contributed by atoms with E-state index in [0.29, 0.717) is 0 Å². The van der Waals surface area contributed by atoms with Gasteiger partial charge in [0.2, 0.25) is 0 Å². The minimum atomic E-state index is -0.122. The third-order valence-electron chi connectivity index (χ3n) is 0. The normalized spacial score (nSPS) is 6.50. The van der Waals surface area contributed by atoms with E-state index in [9.17, 15) is 0 Å². The van der Waals surface area contributed by atoms with Crippen LogP contribution in [0.4, 0.5) is 0 Å². The van der Waals surface area contributed by atoms with Gasteiger partial charge in [0.05, 0.1) is 0 Å². The molecule has 0 aromatic carbocycles. The van der Waals surface area contributed by atoms with Crippen molar-refractivity contribution in [1.82, 2.24) is 0 Å². The van der Waals surface area contributed by atoms with Gasteiger partial charge in [-0.2, -0.15) is 0 Å². The predicted molar refractivity (Wildman–Crippen MR) is 5.41 cm³/mol. The molecule has 0 aliphatic heterocycles. The van der Waals surface area contributed by atoms with Gasteiger partial charge in [-0.3, -0.25) is 0 Å². The molecule has 0 radical (unpaired) electrons. The van der Waals surface area contributed by atoms with Gasteiger partial charge < -0.3 is 0 Å². The molecule has 0 aliphatic rings. The average molecular weight is 291 g/mol. The summed E-state index contributed by atoms with van der Waals surface area (Å²) in [6.07, 6.45) is 0. The van der Waals surface area contributed by atoms with Crippen LogP contribution in [0.5, 0.6) is 0 Å². The first-order valence-electron chi connectivity index (χ1n) is 0.565. The van der Waals surface area contributed by atoms with Gasteiger partial charge >= 0.3 is 40.5 Å². The van der Waals surface area contributed by atoms with Crippen molar-refractivity contribution < 1.29 is 35.6 Å². The molecule has 4 heavy (non-hydrogen) atoms. The molecule has 0 amide bonds. The monoisotopic (exact) mass is 285 g/mol. The van der Waals surface area contributed by atoms with Gasteiger partial charge in [0.1, 0.15) is 0 Å². The van der Waals surface area contributed by atoms with Crippen LogP contribution in [-0.4, -0.2) is 7.71 Å². The van der Waals surface area contributed by atoms with Crippen molar-refractivity contribution in [2.75, 3.05) is 0 Å². The molecule has 0 saturated carbocycles. The Labute approximate surface area is 40.7 Å². The van der Waals surface area contributed by atoms with Crippen LogP contribution in [0.15, 0.2) is 0 Å². The van der Waals surface area contributed by atoms with Crippen molar-refractivity contribution in [2.45, 2.75) is 0 Å². The molecule has 0 rings (SSSR count). The van der Waals surface area contributed by atoms with E-state index in [1.54, 1.807) is 0 Å². The SMILES string of the molecule is O=[N+](O)[Pu-]. The standard InChI is InChI=1S/HNO2.Pu/c2-1-3;/h(H,2,3);. The molecule has 24 valence electrons. The van der Waals surface area contributed by atoms with Crippen LogP contribution in [0.1, 0.15) is 0 Å². The van der Waals surface area contributed by atoms with Crippen LogP contribution in [0.3, 0.4) is 0 Å². The second-order valence-electron chi connectivity index (χ2n) is 0.238. The average Bonchev–Trinajstić information content (AvgIpc) is 0.811. The van der Waals surface area contributed by atoms with Crippen LogP contribution in [0.2, 0.25) is 0 Å². The topological polar surface area (TPSA) is 40.3 Å². The van der Waals surface area contributed by atoms with Crippen LogP contribution < -0.4 is 0 Å². The second kappa shape index (κ2) is 1.68. The molecule has 0 fully saturated rings. The molecular weight excluding hydrogens is 290 g/mol. The molecule has 0 aromatic heterocycles. The summed E-state index contributed by atoms with van der Waals surface area (Å²) in [4.78, 5) is 8.97. The summed E-state index contributed by atoms with van der Waals surface area (Å²) in [5, 5.41) is 7.39.